The zero-order valence-electron chi connectivity index (χ0n) is 7.62. The van der Waals surface area contributed by atoms with Crippen molar-refractivity contribution in [2.75, 3.05) is 13.7 Å². The summed E-state index contributed by atoms with van der Waals surface area (Å²) in [7, 11) is 1.73. The maximum atomic E-state index is 4.91. The molecule has 0 aliphatic carbocycles. The summed E-state index contributed by atoms with van der Waals surface area (Å²) in [6, 6.07) is 0. The zero-order valence-corrected chi connectivity index (χ0v) is 7.62. The molecule has 1 nitrogen and oxygen atoms in total. The van der Waals surface area contributed by atoms with Gasteiger partial charge in [-0.25, -0.2) is 0 Å². The van der Waals surface area contributed by atoms with Crippen molar-refractivity contribution in [1.29, 1.82) is 0 Å². The molecule has 0 aromatic rings. The average molecular weight is 132 g/mol. The monoisotopic (exact) mass is 132 g/mol. The highest BCUT2D eigenvalue weighted by Crippen LogP contribution is 2.11. The fourth-order valence-corrected chi connectivity index (χ4v) is 0.433. The fourth-order valence-electron chi connectivity index (χ4n) is 0.433. The number of hydrogen-bond acceptors (Lipinski definition) is 1. The van der Waals surface area contributed by atoms with Gasteiger partial charge in [0.1, 0.15) is 0 Å². The molecular formula is C8H20O. The minimum Gasteiger partial charge on any atom is -0.384 e. The van der Waals surface area contributed by atoms with Crippen molar-refractivity contribution < 1.29 is 4.74 Å². The molecule has 0 bridgehead atoms. The Hall–Kier alpha value is -0.0400. The minimum absolute atomic E-state index is 0.328. The molecule has 0 aliphatic heterocycles. The van der Waals surface area contributed by atoms with Crippen LogP contribution in [0.5, 0.6) is 0 Å². The number of hydrogen-bond donors (Lipinski definition) is 0. The molecule has 0 amide bonds. The van der Waals surface area contributed by atoms with Crippen LogP contribution in [0.2, 0.25) is 0 Å². The SMILES string of the molecule is CC.COCC(C)(C)C. The first-order chi connectivity index (χ1) is 4.06. The van der Waals surface area contributed by atoms with E-state index in [9.17, 15) is 0 Å². The molecule has 9 heavy (non-hydrogen) atoms. The van der Waals surface area contributed by atoms with Gasteiger partial charge >= 0.3 is 0 Å². The summed E-state index contributed by atoms with van der Waals surface area (Å²) in [4.78, 5) is 0. The van der Waals surface area contributed by atoms with E-state index >= 15 is 0 Å². The molecule has 0 aromatic heterocycles. The highest BCUT2D eigenvalue weighted by Gasteiger charge is 2.07. The zero-order chi connectivity index (χ0) is 7.91. The number of ether oxygens (including phenoxy) is 1. The molecule has 0 spiro atoms. The van der Waals surface area contributed by atoms with Crippen molar-refractivity contribution in [3.05, 3.63) is 0 Å². The Bertz CT molecular complexity index is 43.0. The standard InChI is InChI=1S/C6H14O.C2H6/c1-6(2,3)5-7-4;1-2/h5H2,1-4H3;1-2H3. The van der Waals surface area contributed by atoms with Gasteiger partial charge in [-0.1, -0.05) is 34.6 Å². The van der Waals surface area contributed by atoms with Crippen molar-refractivity contribution in [2.45, 2.75) is 34.6 Å². The molecule has 0 atom stereocenters. The molecule has 0 unspecified atom stereocenters. The van der Waals surface area contributed by atoms with Gasteiger partial charge in [-0.2, -0.15) is 0 Å². The Morgan fingerprint density at radius 3 is 1.44 bits per heavy atom. The Balaban J connectivity index is 0. The second kappa shape index (κ2) is 6.09. The molecule has 0 radical (unpaired) electrons. The quantitative estimate of drug-likeness (QED) is 0.533. The molecule has 0 fully saturated rings. The molecule has 58 valence electrons. The molecule has 0 rings (SSSR count). The van der Waals surface area contributed by atoms with Crippen molar-refractivity contribution in [3.8, 4) is 0 Å². The predicted molar refractivity (Wildman–Crippen MR) is 42.7 cm³/mol. The van der Waals surface area contributed by atoms with E-state index in [4.69, 9.17) is 4.74 Å². The van der Waals surface area contributed by atoms with E-state index in [-0.39, 0.29) is 0 Å². The Kier molecular flexibility index (Phi) is 7.92. The first-order valence-corrected chi connectivity index (χ1v) is 3.55. The Morgan fingerprint density at radius 2 is 1.44 bits per heavy atom. The van der Waals surface area contributed by atoms with Gasteiger partial charge in [-0.05, 0) is 5.41 Å². The Morgan fingerprint density at radius 1 is 1.11 bits per heavy atom. The third-order valence-corrected chi connectivity index (χ3v) is 0.577. The van der Waals surface area contributed by atoms with E-state index in [1.807, 2.05) is 13.8 Å². The van der Waals surface area contributed by atoms with Gasteiger partial charge in [0.15, 0.2) is 0 Å². The van der Waals surface area contributed by atoms with E-state index in [2.05, 4.69) is 20.8 Å². The normalized spacial score (nSPS) is 10.0. The van der Waals surface area contributed by atoms with Crippen LogP contribution < -0.4 is 0 Å². The van der Waals surface area contributed by atoms with Crippen LogP contribution in [0.15, 0.2) is 0 Å². The first kappa shape index (κ1) is 11.7. The summed E-state index contributed by atoms with van der Waals surface area (Å²) in [5.41, 5.74) is 0.328. The topological polar surface area (TPSA) is 9.23 Å². The summed E-state index contributed by atoms with van der Waals surface area (Å²) >= 11 is 0. The van der Waals surface area contributed by atoms with Crippen molar-refractivity contribution in [3.63, 3.8) is 0 Å². The molecule has 0 aromatic carbocycles. The largest absolute Gasteiger partial charge is 0.384 e. The molecule has 1 heteroatoms. The fraction of sp³-hybridized carbons (Fsp3) is 1.00. The van der Waals surface area contributed by atoms with Gasteiger partial charge < -0.3 is 4.74 Å². The third kappa shape index (κ3) is 18.0. The molecule has 0 aliphatic rings. The van der Waals surface area contributed by atoms with Crippen LogP contribution in [0, 0.1) is 5.41 Å². The smallest absolute Gasteiger partial charge is 0.0510 e. The third-order valence-electron chi connectivity index (χ3n) is 0.577. The summed E-state index contributed by atoms with van der Waals surface area (Å²) in [5, 5.41) is 0. The van der Waals surface area contributed by atoms with Crippen molar-refractivity contribution >= 4 is 0 Å². The van der Waals surface area contributed by atoms with Gasteiger partial charge in [-0.15, -0.1) is 0 Å². The molecule has 0 saturated carbocycles. The lowest BCUT2D eigenvalue weighted by atomic mass is 9.99. The van der Waals surface area contributed by atoms with Gasteiger partial charge in [0.25, 0.3) is 0 Å². The number of rotatable bonds is 1. The second-order valence-corrected chi connectivity index (χ2v) is 2.99. The van der Waals surface area contributed by atoms with Gasteiger partial charge in [-0.3, -0.25) is 0 Å². The van der Waals surface area contributed by atoms with E-state index < -0.39 is 0 Å². The van der Waals surface area contributed by atoms with Crippen LogP contribution in [-0.4, -0.2) is 13.7 Å². The van der Waals surface area contributed by atoms with E-state index in [1.54, 1.807) is 7.11 Å². The van der Waals surface area contributed by atoms with Crippen LogP contribution in [0.1, 0.15) is 34.6 Å². The molecular weight excluding hydrogens is 112 g/mol. The molecule has 0 heterocycles. The van der Waals surface area contributed by atoms with Crippen LogP contribution in [0.4, 0.5) is 0 Å². The second-order valence-electron chi connectivity index (χ2n) is 2.99. The average Bonchev–Trinajstić information content (AvgIpc) is 1.69. The van der Waals surface area contributed by atoms with E-state index in [1.165, 1.54) is 0 Å². The first-order valence-electron chi connectivity index (χ1n) is 3.55. The lowest BCUT2D eigenvalue weighted by Crippen LogP contribution is -2.12. The minimum atomic E-state index is 0.328. The van der Waals surface area contributed by atoms with E-state index in [0.29, 0.717) is 5.41 Å². The number of methoxy groups -OCH3 is 1. The summed E-state index contributed by atoms with van der Waals surface area (Å²) in [5.74, 6) is 0. The molecule has 0 saturated heterocycles. The summed E-state index contributed by atoms with van der Waals surface area (Å²) < 4.78 is 4.91. The van der Waals surface area contributed by atoms with Gasteiger partial charge in [0.05, 0.1) is 6.61 Å². The summed E-state index contributed by atoms with van der Waals surface area (Å²) in [6.07, 6.45) is 0. The lowest BCUT2D eigenvalue weighted by Gasteiger charge is -2.15. The maximum absolute atomic E-state index is 4.91. The van der Waals surface area contributed by atoms with Gasteiger partial charge in [0, 0.05) is 7.11 Å². The maximum Gasteiger partial charge on any atom is 0.0510 e. The van der Waals surface area contributed by atoms with Crippen LogP contribution in [-0.2, 0) is 4.74 Å². The van der Waals surface area contributed by atoms with Crippen molar-refractivity contribution in [2.24, 2.45) is 5.41 Å². The predicted octanol–water partition coefficient (Wildman–Crippen LogP) is 2.71. The Labute approximate surface area is 59.4 Å². The molecule has 0 N–H and O–H groups in total. The highest BCUT2D eigenvalue weighted by atomic mass is 16.5. The lowest BCUT2D eigenvalue weighted by molar-refractivity contribution is 0.116. The summed E-state index contributed by atoms with van der Waals surface area (Å²) in [6.45, 7) is 11.3. The van der Waals surface area contributed by atoms with Crippen LogP contribution in [0.25, 0.3) is 0 Å². The van der Waals surface area contributed by atoms with Gasteiger partial charge in [0.2, 0.25) is 0 Å². The van der Waals surface area contributed by atoms with E-state index in [0.717, 1.165) is 6.61 Å². The highest BCUT2D eigenvalue weighted by molar-refractivity contribution is 4.57. The van der Waals surface area contributed by atoms with Crippen molar-refractivity contribution in [1.82, 2.24) is 0 Å². The van der Waals surface area contributed by atoms with Crippen LogP contribution >= 0.6 is 0 Å². The van der Waals surface area contributed by atoms with Crippen LogP contribution in [0.3, 0.4) is 0 Å².